The average molecular weight is 157 g/mol. The minimum absolute atomic E-state index is 0.101. The number of amides is 1. The van der Waals surface area contributed by atoms with E-state index in [2.05, 4.69) is 24.6 Å². The normalized spacial score (nSPS) is 20.5. The minimum atomic E-state index is 0.101. The molecule has 1 amide bonds. The summed E-state index contributed by atoms with van der Waals surface area (Å²) in [7, 11) is 0. The highest BCUT2D eigenvalue weighted by atomic mass is 16.2. The van der Waals surface area contributed by atoms with Crippen LogP contribution in [0.4, 0.5) is 0 Å². The highest BCUT2D eigenvalue weighted by molar-refractivity contribution is 5.78. The van der Waals surface area contributed by atoms with E-state index in [9.17, 15) is 4.79 Å². The first-order chi connectivity index (χ1) is 5.18. The molecular formula is C7H15N3O. The van der Waals surface area contributed by atoms with E-state index < -0.39 is 0 Å². The highest BCUT2D eigenvalue weighted by Crippen LogP contribution is 1.90. The lowest BCUT2D eigenvalue weighted by Crippen LogP contribution is -2.54. The van der Waals surface area contributed by atoms with Crippen molar-refractivity contribution in [2.45, 2.75) is 19.9 Å². The molecule has 0 spiro atoms. The van der Waals surface area contributed by atoms with Crippen LogP contribution in [-0.2, 0) is 4.79 Å². The van der Waals surface area contributed by atoms with Crippen LogP contribution in [0, 0.1) is 0 Å². The number of carbonyl (C=O) groups excluding carboxylic acids is 1. The van der Waals surface area contributed by atoms with Crippen LogP contribution in [-0.4, -0.2) is 36.6 Å². The highest BCUT2D eigenvalue weighted by Gasteiger charge is 2.15. The number of hydrazine groups is 1. The zero-order valence-corrected chi connectivity index (χ0v) is 7.05. The van der Waals surface area contributed by atoms with Gasteiger partial charge in [0.05, 0.1) is 6.54 Å². The molecule has 1 aliphatic heterocycles. The van der Waals surface area contributed by atoms with Crippen molar-refractivity contribution in [2.75, 3.05) is 19.6 Å². The summed E-state index contributed by atoms with van der Waals surface area (Å²) in [6.45, 7) is 6.24. The molecule has 1 aliphatic rings. The Kier molecular flexibility index (Phi) is 2.84. The maximum absolute atomic E-state index is 10.9. The first-order valence-corrected chi connectivity index (χ1v) is 3.96. The molecule has 4 heteroatoms. The van der Waals surface area contributed by atoms with Crippen molar-refractivity contribution in [1.29, 1.82) is 0 Å². The lowest BCUT2D eigenvalue weighted by Gasteiger charge is -2.28. The van der Waals surface area contributed by atoms with Crippen LogP contribution in [0.5, 0.6) is 0 Å². The molecule has 64 valence electrons. The average Bonchev–Trinajstić information content (AvgIpc) is 1.85. The summed E-state index contributed by atoms with van der Waals surface area (Å²) in [4.78, 5) is 10.9. The molecule has 1 fully saturated rings. The van der Waals surface area contributed by atoms with Gasteiger partial charge in [-0.3, -0.25) is 10.2 Å². The fourth-order valence-electron chi connectivity index (χ4n) is 1.11. The Hall–Kier alpha value is -0.610. The Morgan fingerprint density at radius 3 is 2.91 bits per heavy atom. The molecule has 0 unspecified atom stereocenters. The number of nitrogens with zero attached hydrogens (tertiary/aromatic N) is 1. The number of hydrogen-bond acceptors (Lipinski definition) is 3. The van der Waals surface area contributed by atoms with Gasteiger partial charge in [-0.15, -0.1) is 0 Å². The van der Waals surface area contributed by atoms with E-state index in [0.29, 0.717) is 12.6 Å². The van der Waals surface area contributed by atoms with E-state index in [-0.39, 0.29) is 5.91 Å². The predicted octanol–water partition coefficient (Wildman–Crippen LogP) is -0.669. The number of nitrogens with one attached hydrogen (secondary N) is 2. The summed E-state index contributed by atoms with van der Waals surface area (Å²) >= 11 is 0. The largest absolute Gasteiger partial charge is 0.354 e. The Morgan fingerprint density at radius 1 is 1.64 bits per heavy atom. The van der Waals surface area contributed by atoms with Crippen molar-refractivity contribution in [1.82, 2.24) is 15.8 Å². The standard InChI is InChI=1S/C7H15N3O/c1-6(2)9-10-4-3-8-7(11)5-10/h6,9H,3-5H2,1-2H3,(H,8,11). The summed E-state index contributed by atoms with van der Waals surface area (Å²) in [6, 6.07) is 0.404. The molecule has 0 aromatic carbocycles. The molecule has 11 heavy (non-hydrogen) atoms. The van der Waals surface area contributed by atoms with Gasteiger partial charge in [0, 0.05) is 19.1 Å². The van der Waals surface area contributed by atoms with E-state index in [1.165, 1.54) is 0 Å². The van der Waals surface area contributed by atoms with E-state index >= 15 is 0 Å². The van der Waals surface area contributed by atoms with Gasteiger partial charge in [0.1, 0.15) is 0 Å². The quantitative estimate of drug-likeness (QED) is 0.559. The zero-order chi connectivity index (χ0) is 8.27. The van der Waals surface area contributed by atoms with Gasteiger partial charge < -0.3 is 5.32 Å². The van der Waals surface area contributed by atoms with Crippen LogP contribution < -0.4 is 10.7 Å². The molecule has 0 aromatic rings. The second-order valence-electron chi connectivity index (χ2n) is 3.06. The van der Waals surface area contributed by atoms with Crippen molar-refractivity contribution in [3.05, 3.63) is 0 Å². The second-order valence-corrected chi connectivity index (χ2v) is 3.06. The summed E-state index contributed by atoms with van der Waals surface area (Å²) in [5, 5.41) is 4.71. The van der Waals surface area contributed by atoms with Crippen LogP contribution in [0.3, 0.4) is 0 Å². The van der Waals surface area contributed by atoms with Crippen molar-refractivity contribution < 1.29 is 4.79 Å². The van der Waals surface area contributed by atoms with Gasteiger partial charge in [-0.25, -0.2) is 5.01 Å². The molecule has 0 bridgehead atoms. The van der Waals surface area contributed by atoms with Crippen molar-refractivity contribution >= 4 is 5.91 Å². The van der Waals surface area contributed by atoms with Gasteiger partial charge in [-0.2, -0.15) is 0 Å². The topological polar surface area (TPSA) is 44.4 Å². The van der Waals surface area contributed by atoms with E-state index in [4.69, 9.17) is 0 Å². The Bertz CT molecular complexity index is 147. The van der Waals surface area contributed by atoms with Crippen LogP contribution in [0.1, 0.15) is 13.8 Å². The lowest BCUT2D eigenvalue weighted by molar-refractivity contribution is -0.125. The molecular weight excluding hydrogens is 142 g/mol. The summed E-state index contributed by atoms with van der Waals surface area (Å²) < 4.78 is 0. The van der Waals surface area contributed by atoms with Crippen LogP contribution in [0.2, 0.25) is 0 Å². The minimum Gasteiger partial charge on any atom is -0.354 e. The molecule has 1 rings (SSSR count). The van der Waals surface area contributed by atoms with Crippen molar-refractivity contribution in [3.8, 4) is 0 Å². The van der Waals surface area contributed by atoms with E-state index in [1.807, 2.05) is 5.01 Å². The van der Waals surface area contributed by atoms with Gasteiger partial charge in [-0.05, 0) is 13.8 Å². The molecule has 0 saturated carbocycles. The summed E-state index contributed by atoms with van der Waals surface area (Å²) in [6.07, 6.45) is 0. The Balaban J connectivity index is 2.28. The first-order valence-electron chi connectivity index (χ1n) is 3.96. The van der Waals surface area contributed by atoms with Gasteiger partial charge in [0.25, 0.3) is 0 Å². The Morgan fingerprint density at radius 2 is 2.36 bits per heavy atom. The molecule has 2 N–H and O–H groups in total. The number of hydrogen-bond donors (Lipinski definition) is 2. The molecule has 1 saturated heterocycles. The lowest BCUT2D eigenvalue weighted by atomic mass is 10.4. The van der Waals surface area contributed by atoms with Crippen LogP contribution >= 0.6 is 0 Å². The fourth-order valence-corrected chi connectivity index (χ4v) is 1.11. The first kappa shape index (κ1) is 8.49. The van der Waals surface area contributed by atoms with Crippen LogP contribution in [0.25, 0.3) is 0 Å². The molecule has 0 aliphatic carbocycles. The van der Waals surface area contributed by atoms with Gasteiger partial charge in [0.15, 0.2) is 0 Å². The van der Waals surface area contributed by atoms with Gasteiger partial charge >= 0.3 is 0 Å². The second kappa shape index (κ2) is 3.69. The maximum Gasteiger partial charge on any atom is 0.235 e. The molecule has 0 atom stereocenters. The van der Waals surface area contributed by atoms with Crippen molar-refractivity contribution in [2.24, 2.45) is 0 Å². The van der Waals surface area contributed by atoms with Gasteiger partial charge in [0.2, 0.25) is 5.91 Å². The third-order valence-electron chi connectivity index (χ3n) is 1.48. The van der Waals surface area contributed by atoms with E-state index in [0.717, 1.165) is 13.1 Å². The fraction of sp³-hybridized carbons (Fsp3) is 0.857. The SMILES string of the molecule is CC(C)NN1CCNC(=O)C1. The third-order valence-corrected chi connectivity index (χ3v) is 1.48. The number of rotatable bonds is 2. The number of piperazine rings is 1. The smallest absolute Gasteiger partial charge is 0.235 e. The monoisotopic (exact) mass is 157 g/mol. The van der Waals surface area contributed by atoms with Crippen LogP contribution in [0.15, 0.2) is 0 Å². The molecule has 0 radical (unpaired) electrons. The molecule has 0 aromatic heterocycles. The van der Waals surface area contributed by atoms with E-state index in [1.54, 1.807) is 0 Å². The number of carbonyl (C=O) groups is 1. The zero-order valence-electron chi connectivity index (χ0n) is 7.05. The summed E-state index contributed by atoms with van der Waals surface area (Å²) in [5.41, 5.74) is 3.18. The molecule has 4 nitrogen and oxygen atoms in total. The van der Waals surface area contributed by atoms with Gasteiger partial charge in [-0.1, -0.05) is 0 Å². The van der Waals surface area contributed by atoms with Crippen molar-refractivity contribution in [3.63, 3.8) is 0 Å². The third kappa shape index (κ3) is 2.86. The maximum atomic E-state index is 10.9. The Labute approximate surface area is 66.9 Å². The summed E-state index contributed by atoms with van der Waals surface area (Å²) in [5.74, 6) is 0.101. The predicted molar refractivity (Wildman–Crippen MR) is 42.9 cm³/mol. The molecule has 1 heterocycles.